The molecule has 1 aliphatic rings. The number of hydrogen-bond acceptors (Lipinski definition) is 4. The summed E-state index contributed by atoms with van der Waals surface area (Å²) in [4.78, 5) is 1.97. The zero-order valence-electron chi connectivity index (χ0n) is 15.8. The van der Waals surface area contributed by atoms with Gasteiger partial charge in [0.1, 0.15) is 11.9 Å². The highest BCUT2D eigenvalue weighted by Gasteiger charge is 2.34. The highest BCUT2D eigenvalue weighted by molar-refractivity contribution is 7.89. The lowest BCUT2D eigenvalue weighted by Crippen LogP contribution is -2.39. The van der Waals surface area contributed by atoms with Crippen LogP contribution in [0.4, 0.5) is 10.1 Å². The molecule has 1 heterocycles. The number of rotatable bonds is 6. The van der Waals surface area contributed by atoms with Gasteiger partial charge < -0.3 is 4.90 Å². The molecule has 1 fully saturated rings. The third kappa shape index (κ3) is 4.84. The molecule has 154 valence electrons. The maximum atomic E-state index is 13.8. The molecule has 0 spiro atoms. The first-order chi connectivity index (χ1) is 13.7. The van der Waals surface area contributed by atoms with Gasteiger partial charge in [0.05, 0.1) is 16.3 Å². The monoisotopic (exact) mass is 455 g/mol. The van der Waals surface area contributed by atoms with Crippen molar-refractivity contribution in [2.45, 2.75) is 25.9 Å². The van der Waals surface area contributed by atoms with E-state index in [9.17, 15) is 12.8 Å². The summed E-state index contributed by atoms with van der Waals surface area (Å²) in [5.41, 5.74) is 1.65. The Morgan fingerprint density at radius 2 is 2.00 bits per heavy atom. The van der Waals surface area contributed by atoms with Crippen LogP contribution in [0, 0.1) is 17.1 Å². The van der Waals surface area contributed by atoms with Gasteiger partial charge in [-0.25, -0.2) is 12.8 Å². The molecule has 2 aromatic carbocycles. The van der Waals surface area contributed by atoms with Crippen molar-refractivity contribution in [3.05, 3.63) is 63.4 Å². The minimum absolute atomic E-state index is 0.0398. The predicted octanol–water partition coefficient (Wildman–Crippen LogP) is 4.43. The van der Waals surface area contributed by atoms with Gasteiger partial charge >= 0.3 is 0 Å². The van der Waals surface area contributed by atoms with E-state index in [-0.39, 0.29) is 18.3 Å². The van der Waals surface area contributed by atoms with Gasteiger partial charge in [-0.3, -0.25) is 0 Å². The second-order valence-corrected chi connectivity index (χ2v) is 9.91. The third-order valence-electron chi connectivity index (χ3n) is 5.08. The van der Waals surface area contributed by atoms with Gasteiger partial charge in [0.2, 0.25) is 10.0 Å². The Balaban J connectivity index is 1.97. The first-order valence-electron chi connectivity index (χ1n) is 9.13. The minimum Gasteiger partial charge on any atom is -0.363 e. The van der Waals surface area contributed by atoms with Crippen LogP contribution in [0.15, 0.2) is 36.4 Å². The Hall–Kier alpha value is -1.85. The SMILES string of the molecule is CCS(=O)(=O)N1CC[C@H](N(Cc2cc(F)ccc2Cl)c2ccc(C#N)c(Cl)c2)C1. The minimum atomic E-state index is -3.30. The van der Waals surface area contributed by atoms with Crippen molar-refractivity contribution in [1.82, 2.24) is 4.31 Å². The van der Waals surface area contributed by atoms with Gasteiger partial charge in [-0.05, 0) is 55.3 Å². The Morgan fingerprint density at radius 3 is 2.66 bits per heavy atom. The smallest absolute Gasteiger partial charge is 0.213 e. The summed E-state index contributed by atoms with van der Waals surface area (Å²) in [5.74, 6) is -0.359. The topological polar surface area (TPSA) is 64.4 Å². The quantitative estimate of drug-likeness (QED) is 0.645. The van der Waals surface area contributed by atoms with E-state index in [2.05, 4.69) is 0 Å². The standard InChI is InChI=1S/C20H20Cl2FN3O2S/c1-2-29(27,28)25-8-7-18(13-25)26(12-15-9-16(23)4-6-19(15)21)17-5-3-14(11-24)20(22)10-17/h3-6,9-10,18H,2,7-8,12-13H2,1H3/t18-/m0/s1. The molecule has 1 aliphatic heterocycles. The molecule has 9 heteroatoms. The molecule has 2 aromatic rings. The average molecular weight is 456 g/mol. The number of sulfonamides is 1. The third-order valence-corrected chi connectivity index (χ3v) is 7.61. The summed E-state index contributed by atoms with van der Waals surface area (Å²) in [6.45, 7) is 2.63. The number of halogens is 3. The van der Waals surface area contributed by atoms with Gasteiger partial charge in [0.25, 0.3) is 0 Å². The van der Waals surface area contributed by atoms with E-state index in [1.165, 1.54) is 22.5 Å². The van der Waals surface area contributed by atoms with Crippen LogP contribution >= 0.6 is 23.2 Å². The Labute approximate surface area is 180 Å². The van der Waals surface area contributed by atoms with Gasteiger partial charge in [0, 0.05) is 36.4 Å². The van der Waals surface area contributed by atoms with Crippen molar-refractivity contribution >= 4 is 38.9 Å². The summed E-state index contributed by atoms with van der Waals surface area (Å²) in [6.07, 6.45) is 0.615. The van der Waals surface area contributed by atoms with Crippen LogP contribution in [0.25, 0.3) is 0 Å². The molecule has 1 saturated heterocycles. The van der Waals surface area contributed by atoms with Gasteiger partial charge in [-0.1, -0.05) is 23.2 Å². The maximum Gasteiger partial charge on any atom is 0.213 e. The van der Waals surface area contributed by atoms with Crippen molar-refractivity contribution < 1.29 is 12.8 Å². The summed E-state index contributed by atoms with van der Waals surface area (Å²) in [7, 11) is -3.30. The van der Waals surface area contributed by atoms with Crippen LogP contribution in [0.2, 0.25) is 10.0 Å². The van der Waals surface area contributed by atoms with Crippen LogP contribution in [-0.2, 0) is 16.6 Å². The molecule has 0 amide bonds. The van der Waals surface area contributed by atoms with Crippen LogP contribution < -0.4 is 4.90 Å². The van der Waals surface area contributed by atoms with Crippen molar-refractivity contribution in [2.24, 2.45) is 0 Å². The first kappa shape index (κ1) is 21.8. The molecular formula is C20H20Cl2FN3O2S. The predicted molar refractivity (Wildman–Crippen MR) is 113 cm³/mol. The van der Waals surface area contributed by atoms with Gasteiger partial charge in [-0.2, -0.15) is 9.57 Å². The van der Waals surface area contributed by atoms with Crippen molar-refractivity contribution in [3.63, 3.8) is 0 Å². The lowest BCUT2D eigenvalue weighted by Gasteiger charge is -2.32. The molecule has 0 aliphatic carbocycles. The van der Waals surface area contributed by atoms with E-state index < -0.39 is 15.8 Å². The van der Waals surface area contributed by atoms with E-state index in [1.54, 1.807) is 25.1 Å². The number of nitrogens with zero attached hydrogens (tertiary/aromatic N) is 3. The maximum absolute atomic E-state index is 13.8. The molecule has 1 atom stereocenters. The molecule has 0 aromatic heterocycles. The second-order valence-electron chi connectivity index (χ2n) is 6.84. The fourth-order valence-electron chi connectivity index (χ4n) is 3.45. The molecule has 3 rings (SSSR count). The van der Waals surface area contributed by atoms with Crippen LogP contribution in [0.3, 0.4) is 0 Å². The summed E-state index contributed by atoms with van der Waals surface area (Å²) >= 11 is 12.5. The molecule has 0 bridgehead atoms. The van der Waals surface area contributed by atoms with Gasteiger partial charge in [0.15, 0.2) is 0 Å². The Bertz CT molecular complexity index is 1060. The van der Waals surface area contributed by atoms with Crippen LogP contribution in [0.5, 0.6) is 0 Å². The highest BCUT2D eigenvalue weighted by Crippen LogP contribution is 2.31. The van der Waals surface area contributed by atoms with E-state index in [1.807, 2.05) is 11.0 Å². The molecule has 0 saturated carbocycles. The summed E-state index contributed by atoms with van der Waals surface area (Å²) in [6, 6.07) is 11.1. The fraction of sp³-hybridized carbons (Fsp3) is 0.350. The first-order valence-corrected chi connectivity index (χ1v) is 11.5. The number of hydrogen-bond donors (Lipinski definition) is 0. The average Bonchev–Trinajstić information content (AvgIpc) is 3.19. The lowest BCUT2D eigenvalue weighted by atomic mass is 10.1. The Morgan fingerprint density at radius 1 is 1.24 bits per heavy atom. The van der Waals surface area contributed by atoms with Gasteiger partial charge in [-0.15, -0.1) is 0 Å². The van der Waals surface area contributed by atoms with Crippen molar-refractivity contribution in [2.75, 3.05) is 23.7 Å². The van der Waals surface area contributed by atoms with Crippen LogP contribution in [-0.4, -0.2) is 37.6 Å². The molecule has 0 unspecified atom stereocenters. The molecule has 0 N–H and O–H groups in total. The normalized spacial score (nSPS) is 17.3. The number of nitriles is 1. The molecule has 29 heavy (non-hydrogen) atoms. The summed E-state index contributed by atoms with van der Waals surface area (Å²) in [5, 5.41) is 9.86. The zero-order chi connectivity index (χ0) is 21.2. The van der Waals surface area contributed by atoms with Crippen molar-refractivity contribution in [3.8, 4) is 6.07 Å². The van der Waals surface area contributed by atoms with Crippen LogP contribution in [0.1, 0.15) is 24.5 Å². The van der Waals surface area contributed by atoms with E-state index in [0.29, 0.717) is 40.7 Å². The number of anilines is 1. The summed E-state index contributed by atoms with van der Waals surface area (Å²) < 4.78 is 39.8. The van der Waals surface area contributed by atoms with E-state index in [0.717, 1.165) is 5.69 Å². The lowest BCUT2D eigenvalue weighted by molar-refractivity contribution is 0.469. The highest BCUT2D eigenvalue weighted by atomic mass is 35.5. The molecule has 5 nitrogen and oxygen atoms in total. The van der Waals surface area contributed by atoms with E-state index in [4.69, 9.17) is 28.5 Å². The molecular weight excluding hydrogens is 436 g/mol. The zero-order valence-corrected chi connectivity index (χ0v) is 18.1. The number of benzene rings is 2. The van der Waals surface area contributed by atoms with E-state index >= 15 is 0 Å². The second kappa shape index (κ2) is 8.88. The fourth-order valence-corrected chi connectivity index (χ4v) is 5.00. The largest absolute Gasteiger partial charge is 0.363 e. The Kier molecular flexibility index (Phi) is 6.69. The molecule has 0 radical (unpaired) electrons. The van der Waals surface area contributed by atoms with Crippen molar-refractivity contribution in [1.29, 1.82) is 5.26 Å².